The summed E-state index contributed by atoms with van der Waals surface area (Å²) in [4.78, 5) is 31.8. The zero-order valence-electron chi connectivity index (χ0n) is 21.3. The van der Waals surface area contributed by atoms with Gasteiger partial charge in [-0.2, -0.15) is 0 Å². The van der Waals surface area contributed by atoms with Crippen LogP contribution in [-0.2, 0) is 14.3 Å². The highest BCUT2D eigenvalue weighted by molar-refractivity contribution is 7.07. The van der Waals surface area contributed by atoms with Crippen LogP contribution in [-0.4, -0.2) is 37.5 Å². The predicted molar refractivity (Wildman–Crippen MR) is 145 cm³/mol. The molecule has 0 bridgehead atoms. The third-order valence-electron chi connectivity index (χ3n) is 6.00. The standard InChI is InChI=1S/C28H28ClFN2O5S/c1-4-5-13-36-19-11-9-18(10-12-19)25-24(27(34)37-15-14-35-3)17(2)31-28-32(25)26(33)23(38-28)16-20-21(29)7-6-8-22(20)30/h6-12,16,25H,4-5,13-15H2,1-3H3. The van der Waals surface area contributed by atoms with Gasteiger partial charge < -0.3 is 14.2 Å². The minimum atomic E-state index is -0.802. The molecule has 4 rings (SSSR count). The second-order valence-corrected chi connectivity index (χ2v) is 10.0. The van der Waals surface area contributed by atoms with Crippen LogP contribution in [0.25, 0.3) is 6.08 Å². The average molecular weight is 559 g/mol. The lowest BCUT2D eigenvalue weighted by Gasteiger charge is -2.25. The van der Waals surface area contributed by atoms with Crippen molar-refractivity contribution in [3.05, 3.63) is 95.4 Å². The van der Waals surface area contributed by atoms with Crippen molar-refractivity contribution in [2.24, 2.45) is 4.99 Å². The Morgan fingerprint density at radius 1 is 1.18 bits per heavy atom. The van der Waals surface area contributed by atoms with E-state index in [4.69, 9.17) is 25.8 Å². The molecule has 2 aromatic carbocycles. The summed E-state index contributed by atoms with van der Waals surface area (Å²) < 4.78 is 32.4. The Kier molecular flexibility index (Phi) is 9.14. The van der Waals surface area contributed by atoms with Gasteiger partial charge >= 0.3 is 5.97 Å². The molecule has 1 aliphatic heterocycles. The summed E-state index contributed by atoms with van der Waals surface area (Å²) in [6, 6.07) is 10.8. The Bertz CT molecular complexity index is 1510. The second kappa shape index (κ2) is 12.5. The highest BCUT2D eigenvalue weighted by Crippen LogP contribution is 2.31. The van der Waals surface area contributed by atoms with Gasteiger partial charge in [0.25, 0.3) is 5.56 Å². The number of hydrogen-bond acceptors (Lipinski definition) is 7. The summed E-state index contributed by atoms with van der Waals surface area (Å²) in [6.45, 7) is 4.67. The minimum absolute atomic E-state index is 0.0548. The molecule has 1 unspecified atom stereocenters. The van der Waals surface area contributed by atoms with Crippen LogP contribution in [0.3, 0.4) is 0 Å². The quantitative estimate of drug-likeness (QED) is 0.272. The number of fused-ring (bicyclic) bond motifs is 1. The van der Waals surface area contributed by atoms with Crippen LogP contribution in [0, 0.1) is 5.82 Å². The van der Waals surface area contributed by atoms with E-state index in [1.807, 2.05) is 24.3 Å². The van der Waals surface area contributed by atoms with Crippen molar-refractivity contribution in [1.29, 1.82) is 0 Å². The van der Waals surface area contributed by atoms with E-state index in [-0.39, 0.29) is 33.9 Å². The highest BCUT2D eigenvalue weighted by atomic mass is 35.5. The topological polar surface area (TPSA) is 79.1 Å². The first-order chi connectivity index (χ1) is 18.3. The summed E-state index contributed by atoms with van der Waals surface area (Å²) in [5, 5.41) is 0.185. The Hall–Kier alpha value is -3.27. The normalized spacial score (nSPS) is 15.3. The molecule has 3 aromatic rings. The van der Waals surface area contributed by atoms with E-state index >= 15 is 0 Å². The van der Waals surface area contributed by atoms with Crippen molar-refractivity contribution >= 4 is 35.0 Å². The van der Waals surface area contributed by atoms with Crippen LogP contribution in [0.2, 0.25) is 5.02 Å². The number of esters is 1. The molecule has 1 aliphatic rings. The van der Waals surface area contributed by atoms with Crippen LogP contribution in [0.4, 0.5) is 4.39 Å². The minimum Gasteiger partial charge on any atom is -0.494 e. The molecule has 0 spiro atoms. The van der Waals surface area contributed by atoms with Crippen molar-refractivity contribution in [3.8, 4) is 5.75 Å². The summed E-state index contributed by atoms with van der Waals surface area (Å²) in [7, 11) is 1.51. The second-order valence-electron chi connectivity index (χ2n) is 8.62. The molecular formula is C28H28ClFN2O5S. The van der Waals surface area contributed by atoms with Crippen LogP contribution in [0.15, 0.2) is 63.5 Å². The number of allylic oxidation sites excluding steroid dienone is 1. The predicted octanol–water partition coefficient (Wildman–Crippen LogP) is 4.40. The number of benzene rings is 2. The fourth-order valence-electron chi connectivity index (χ4n) is 4.05. The van der Waals surface area contributed by atoms with Crippen LogP contribution in [0.1, 0.15) is 43.9 Å². The number of unbranched alkanes of at least 4 members (excludes halogenated alkanes) is 1. The fourth-order valence-corrected chi connectivity index (χ4v) is 5.30. The highest BCUT2D eigenvalue weighted by Gasteiger charge is 2.33. The summed E-state index contributed by atoms with van der Waals surface area (Å²) >= 11 is 7.30. The van der Waals surface area contributed by atoms with Gasteiger partial charge in [-0.25, -0.2) is 14.2 Å². The third-order valence-corrected chi connectivity index (χ3v) is 7.31. The molecule has 7 nitrogen and oxygen atoms in total. The molecule has 1 atom stereocenters. The Balaban J connectivity index is 1.84. The van der Waals surface area contributed by atoms with Gasteiger partial charge in [0, 0.05) is 12.7 Å². The van der Waals surface area contributed by atoms with Crippen LogP contribution < -0.4 is 19.6 Å². The molecule has 2 heterocycles. The van der Waals surface area contributed by atoms with Gasteiger partial charge in [-0.1, -0.05) is 54.5 Å². The van der Waals surface area contributed by atoms with Crippen molar-refractivity contribution in [1.82, 2.24) is 4.57 Å². The Morgan fingerprint density at radius 3 is 2.63 bits per heavy atom. The monoisotopic (exact) mass is 558 g/mol. The Morgan fingerprint density at radius 2 is 1.95 bits per heavy atom. The number of nitrogens with zero attached hydrogens (tertiary/aromatic N) is 2. The summed E-state index contributed by atoms with van der Waals surface area (Å²) in [6.07, 6.45) is 3.37. The molecule has 0 saturated heterocycles. The Labute approximate surface area is 228 Å². The van der Waals surface area contributed by atoms with E-state index < -0.39 is 23.4 Å². The number of thiazole rings is 1. The van der Waals surface area contributed by atoms with Gasteiger partial charge in [-0.15, -0.1) is 0 Å². The summed E-state index contributed by atoms with van der Waals surface area (Å²) in [5.41, 5.74) is 1.04. The molecular weight excluding hydrogens is 531 g/mol. The lowest BCUT2D eigenvalue weighted by molar-refractivity contribution is -0.140. The van der Waals surface area contributed by atoms with Crippen molar-refractivity contribution < 1.29 is 23.4 Å². The van der Waals surface area contributed by atoms with Gasteiger partial charge in [0.2, 0.25) is 0 Å². The molecule has 10 heteroatoms. The number of halogens is 2. The average Bonchev–Trinajstić information content (AvgIpc) is 3.20. The van der Waals surface area contributed by atoms with Gasteiger partial charge in [0.1, 0.15) is 18.2 Å². The molecule has 38 heavy (non-hydrogen) atoms. The maximum absolute atomic E-state index is 14.5. The van der Waals surface area contributed by atoms with Crippen molar-refractivity contribution in [2.45, 2.75) is 32.7 Å². The zero-order valence-corrected chi connectivity index (χ0v) is 22.9. The number of carbonyl (C=O) groups excluding carboxylic acids is 1. The number of ether oxygens (including phenoxy) is 3. The maximum Gasteiger partial charge on any atom is 0.338 e. The largest absolute Gasteiger partial charge is 0.494 e. The van der Waals surface area contributed by atoms with Crippen LogP contribution >= 0.6 is 22.9 Å². The number of carbonyl (C=O) groups is 1. The first-order valence-corrected chi connectivity index (χ1v) is 13.4. The van der Waals surface area contributed by atoms with Crippen molar-refractivity contribution in [2.75, 3.05) is 26.9 Å². The molecule has 0 amide bonds. The van der Waals surface area contributed by atoms with Gasteiger partial charge in [0.05, 0.1) is 40.1 Å². The van der Waals surface area contributed by atoms with E-state index in [2.05, 4.69) is 11.9 Å². The molecule has 0 saturated carbocycles. The lowest BCUT2D eigenvalue weighted by atomic mass is 9.96. The van der Waals surface area contributed by atoms with E-state index in [0.29, 0.717) is 28.4 Å². The van der Waals surface area contributed by atoms with E-state index in [1.54, 1.807) is 13.0 Å². The lowest BCUT2D eigenvalue weighted by Crippen LogP contribution is -2.40. The molecule has 0 N–H and O–H groups in total. The molecule has 0 aliphatic carbocycles. The molecule has 200 valence electrons. The number of rotatable bonds is 10. The smallest absolute Gasteiger partial charge is 0.338 e. The number of hydrogen-bond donors (Lipinski definition) is 0. The van der Waals surface area contributed by atoms with E-state index in [9.17, 15) is 14.0 Å². The van der Waals surface area contributed by atoms with Gasteiger partial charge in [-0.3, -0.25) is 9.36 Å². The third kappa shape index (κ3) is 5.90. The summed E-state index contributed by atoms with van der Waals surface area (Å²) in [5.74, 6) is -0.450. The van der Waals surface area contributed by atoms with Crippen molar-refractivity contribution in [3.63, 3.8) is 0 Å². The number of aromatic nitrogens is 1. The van der Waals surface area contributed by atoms with Gasteiger partial charge in [0.15, 0.2) is 4.80 Å². The van der Waals surface area contributed by atoms with E-state index in [1.165, 1.54) is 29.9 Å². The van der Waals surface area contributed by atoms with Crippen LogP contribution in [0.5, 0.6) is 5.75 Å². The molecule has 0 radical (unpaired) electrons. The first kappa shape index (κ1) is 27.8. The maximum atomic E-state index is 14.5. The number of methoxy groups -OCH3 is 1. The van der Waals surface area contributed by atoms with E-state index in [0.717, 1.165) is 24.2 Å². The zero-order chi connectivity index (χ0) is 27.2. The molecule has 1 aromatic heterocycles. The fraction of sp³-hybridized carbons (Fsp3) is 0.321. The molecule has 0 fully saturated rings. The SMILES string of the molecule is CCCCOc1ccc(C2C(C(=O)OCCOC)=C(C)N=c3sc(=Cc4c(F)cccc4Cl)c(=O)n32)cc1. The first-order valence-electron chi connectivity index (χ1n) is 12.2. The van der Waals surface area contributed by atoms with Gasteiger partial charge in [-0.05, 0) is 49.2 Å².